The maximum Gasteiger partial charge on any atom is 0.303 e. The van der Waals surface area contributed by atoms with Crippen LogP contribution in [-0.2, 0) is 24.5 Å². The van der Waals surface area contributed by atoms with Crippen molar-refractivity contribution in [2.75, 3.05) is 0 Å². The number of aliphatic carboxylic acids is 1. The predicted molar refractivity (Wildman–Crippen MR) is 217 cm³/mol. The minimum Gasteiger partial charge on any atom is -0.481 e. The zero-order valence-electron chi connectivity index (χ0n) is 33.2. The van der Waals surface area contributed by atoms with E-state index in [1.807, 2.05) is 0 Å². The summed E-state index contributed by atoms with van der Waals surface area (Å²) >= 11 is 0. The summed E-state index contributed by atoms with van der Waals surface area (Å²) < 4.78 is 22.2. The summed E-state index contributed by atoms with van der Waals surface area (Å²) in [6.45, 7) is 21.2. The van der Waals surface area contributed by atoms with Crippen LogP contribution in [0.25, 0.3) is 0 Å². The number of unbranched alkanes of at least 4 members (excludes halogenated alkanes) is 1. The maximum absolute atomic E-state index is 11.1. The van der Waals surface area contributed by atoms with Crippen molar-refractivity contribution in [2.45, 2.75) is 193 Å². The van der Waals surface area contributed by atoms with E-state index in [9.17, 15) is 4.79 Å². The molecule has 1 aliphatic carbocycles. The normalized spacial score (nSPS) is 21.1. The van der Waals surface area contributed by atoms with Crippen LogP contribution >= 0.6 is 0 Å². The molecule has 1 N–H and O–H groups in total. The lowest BCUT2D eigenvalue weighted by Gasteiger charge is -2.37. The van der Waals surface area contributed by atoms with Gasteiger partial charge in [0.1, 0.15) is 0 Å². The molecule has 8 heteroatoms. The lowest BCUT2D eigenvalue weighted by Crippen LogP contribution is -2.42. The molecule has 0 saturated heterocycles. The van der Waals surface area contributed by atoms with Crippen molar-refractivity contribution < 1.29 is 23.2 Å². The molecule has 0 bridgehead atoms. The van der Waals surface area contributed by atoms with Crippen molar-refractivity contribution >= 4 is 30.9 Å². The molecule has 0 unspecified atom stereocenters. The fraction of sp³-hybridized carbons (Fsp3) is 0.780. The van der Waals surface area contributed by atoms with Crippen LogP contribution in [0.4, 0.5) is 0 Å². The molecule has 0 radical (unpaired) electrons. The smallest absolute Gasteiger partial charge is 0.303 e. The number of carbonyl (C=O) groups is 1. The Balaban J connectivity index is 2.48. The van der Waals surface area contributed by atoms with Crippen LogP contribution in [0.3, 0.4) is 0 Å². The fourth-order valence-electron chi connectivity index (χ4n) is 8.48. The first-order chi connectivity index (χ1) is 23.6. The maximum atomic E-state index is 11.1. The van der Waals surface area contributed by atoms with E-state index in [4.69, 9.17) is 18.4 Å². The molecule has 282 valence electrons. The van der Waals surface area contributed by atoms with Gasteiger partial charge in [-0.3, -0.25) is 4.79 Å². The first-order valence-corrected chi connectivity index (χ1v) is 28.1. The van der Waals surface area contributed by atoms with Gasteiger partial charge in [0, 0.05) is 12.5 Å². The highest BCUT2D eigenvalue weighted by Gasteiger charge is 2.49. The minimum absolute atomic E-state index is 0.224. The summed E-state index contributed by atoms with van der Waals surface area (Å²) in [7, 11) is -5.46. The van der Waals surface area contributed by atoms with Gasteiger partial charge in [-0.25, -0.2) is 0 Å². The molecule has 5 nitrogen and oxygen atoms in total. The number of carboxylic acid groups (broad SMARTS) is 1. The molecule has 49 heavy (non-hydrogen) atoms. The lowest BCUT2D eigenvalue weighted by molar-refractivity contribution is -0.137. The predicted octanol–water partition coefficient (Wildman–Crippen LogP) is 12.4. The highest BCUT2D eigenvalue weighted by atomic mass is 28.4. The zero-order chi connectivity index (χ0) is 36.3. The second-order valence-corrected chi connectivity index (χ2v) is 29.1. The standard InChI is InChI=1S/C41H76O5Si3/c1-10-47(11-2,12-3)44-36(31-30-35-26-22-21-23-27-35)32-33-38-37(28-24-19-20-25-29-41(42)43)39(45-48(13-4,14-5)15-6)34-40(38)46-49(16-7,17-8)18-9/h19,21-24,26-27,36-40H,10-18,20,25,28-34H2,1-9H3,(H,42,43)/b24-19-/t36-,37+,38+,39-,40+/m0/s1. The van der Waals surface area contributed by atoms with Crippen LogP contribution in [0.2, 0.25) is 54.4 Å². The summed E-state index contributed by atoms with van der Waals surface area (Å²) in [6, 6.07) is 21.5. The average Bonchev–Trinajstić information content (AvgIpc) is 3.45. The molecule has 0 spiro atoms. The number of aryl methyl sites for hydroxylation is 1. The molecule has 5 atom stereocenters. The summed E-state index contributed by atoms with van der Waals surface area (Å²) in [6.07, 6.45) is 13.4. The van der Waals surface area contributed by atoms with E-state index in [1.54, 1.807) is 0 Å². The van der Waals surface area contributed by atoms with Crippen LogP contribution in [-0.4, -0.2) is 54.3 Å². The average molecular weight is 733 g/mol. The Morgan fingerprint density at radius 1 is 0.735 bits per heavy atom. The van der Waals surface area contributed by atoms with Crippen LogP contribution < -0.4 is 0 Å². The Morgan fingerprint density at radius 3 is 1.73 bits per heavy atom. The van der Waals surface area contributed by atoms with E-state index in [-0.39, 0.29) is 24.7 Å². The van der Waals surface area contributed by atoms with E-state index < -0.39 is 30.9 Å². The Labute approximate surface area is 305 Å². The number of rotatable bonds is 27. The van der Waals surface area contributed by atoms with Gasteiger partial charge in [-0.05, 0) is 123 Å². The summed E-state index contributed by atoms with van der Waals surface area (Å²) in [5.74, 6) is 0.138. The first-order valence-electron chi connectivity index (χ1n) is 20.5. The number of hydrogen-bond acceptors (Lipinski definition) is 4. The van der Waals surface area contributed by atoms with E-state index in [0.29, 0.717) is 18.3 Å². The van der Waals surface area contributed by atoms with Crippen molar-refractivity contribution in [1.29, 1.82) is 0 Å². The molecular formula is C41H76O5Si3. The summed E-state index contributed by atoms with van der Waals surface area (Å²) in [5, 5.41) is 9.14. The second-order valence-electron chi connectivity index (χ2n) is 14.9. The van der Waals surface area contributed by atoms with Crippen LogP contribution in [0.1, 0.15) is 119 Å². The van der Waals surface area contributed by atoms with Crippen LogP contribution in [0, 0.1) is 11.8 Å². The van der Waals surface area contributed by atoms with E-state index in [1.165, 1.54) is 41.8 Å². The molecule has 0 aliphatic heterocycles. The second kappa shape index (κ2) is 22.8. The number of allylic oxidation sites excluding steroid dienone is 2. The van der Waals surface area contributed by atoms with Gasteiger partial charge in [-0.1, -0.05) is 105 Å². The largest absolute Gasteiger partial charge is 0.481 e. The van der Waals surface area contributed by atoms with Crippen molar-refractivity contribution in [2.24, 2.45) is 11.8 Å². The summed E-state index contributed by atoms with van der Waals surface area (Å²) in [5.41, 5.74) is 1.40. The lowest BCUT2D eigenvalue weighted by atomic mass is 9.85. The summed E-state index contributed by atoms with van der Waals surface area (Å²) in [4.78, 5) is 11.1. The third kappa shape index (κ3) is 13.5. The van der Waals surface area contributed by atoms with Crippen molar-refractivity contribution in [3.8, 4) is 0 Å². The third-order valence-electron chi connectivity index (χ3n) is 12.7. The van der Waals surface area contributed by atoms with Gasteiger partial charge in [-0.2, -0.15) is 0 Å². The Kier molecular flexibility index (Phi) is 20.5. The van der Waals surface area contributed by atoms with Crippen molar-refractivity contribution in [3.63, 3.8) is 0 Å². The minimum atomic E-state index is -1.84. The van der Waals surface area contributed by atoms with E-state index in [0.717, 1.165) is 63.1 Å². The molecule has 1 fully saturated rings. The Hall–Kier alpha value is -1.04. The molecule has 1 saturated carbocycles. The van der Waals surface area contributed by atoms with Gasteiger partial charge in [0.2, 0.25) is 0 Å². The molecule has 0 aromatic heterocycles. The third-order valence-corrected chi connectivity index (χ3v) is 26.8. The number of hydrogen-bond donors (Lipinski definition) is 1. The molecule has 0 amide bonds. The monoisotopic (exact) mass is 733 g/mol. The van der Waals surface area contributed by atoms with Gasteiger partial charge in [0.25, 0.3) is 0 Å². The Morgan fingerprint density at radius 2 is 1.24 bits per heavy atom. The van der Waals surface area contributed by atoms with Crippen molar-refractivity contribution in [1.82, 2.24) is 0 Å². The Bertz CT molecular complexity index is 1030. The van der Waals surface area contributed by atoms with Gasteiger partial charge < -0.3 is 18.4 Å². The van der Waals surface area contributed by atoms with E-state index in [2.05, 4.69) is 105 Å². The van der Waals surface area contributed by atoms with Gasteiger partial charge >= 0.3 is 5.97 Å². The van der Waals surface area contributed by atoms with E-state index >= 15 is 0 Å². The molecule has 2 rings (SSSR count). The van der Waals surface area contributed by atoms with Gasteiger partial charge in [0.15, 0.2) is 25.0 Å². The zero-order valence-corrected chi connectivity index (χ0v) is 36.2. The molecule has 1 aromatic rings. The highest BCUT2D eigenvalue weighted by molar-refractivity contribution is 6.74. The first kappa shape index (κ1) is 44.1. The number of benzene rings is 1. The molecular weight excluding hydrogens is 657 g/mol. The van der Waals surface area contributed by atoms with Crippen molar-refractivity contribution in [3.05, 3.63) is 48.0 Å². The SMILES string of the molecule is CC[Si](CC)(CC)O[C@@H](CCc1ccccc1)CC[C@@H]1[C@@H](C/C=C\CCCC(=O)O)[C@@H](O[Si](CC)(CC)CC)C[C@H]1O[Si](CC)(CC)CC. The quantitative estimate of drug-likeness (QED) is 0.0554. The van der Waals surface area contributed by atoms with Crippen LogP contribution in [0.5, 0.6) is 0 Å². The number of carboxylic acids is 1. The topological polar surface area (TPSA) is 65.0 Å². The molecule has 0 heterocycles. The van der Waals surface area contributed by atoms with Crippen LogP contribution in [0.15, 0.2) is 42.5 Å². The molecule has 1 aromatic carbocycles. The highest BCUT2D eigenvalue weighted by Crippen LogP contribution is 2.46. The van der Waals surface area contributed by atoms with Gasteiger partial charge in [0.05, 0.1) is 12.2 Å². The fourth-order valence-corrected chi connectivity index (χ4v) is 17.2. The molecule has 1 aliphatic rings. The van der Waals surface area contributed by atoms with Gasteiger partial charge in [-0.15, -0.1) is 0 Å².